The molecule has 8 atom stereocenters. The molecule has 14 heavy (non-hydrogen) atoms. The Morgan fingerprint density at radius 3 is 2.07 bits per heavy atom. The van der Waals surface area contributed by atoms with Gasteiger partial charge in [0.15, 0.2) is 0 Å². The first kappa shape index (κ1) is 7.30. The average molecular weight is 188 g/mol. The van der Waals surface area contributed by atoms with Crippen LogP contribution in [-0.4, -0.2) is 0 Å². The molecule has 0 N–H and O–H groups in total. The van der Waals surface area contributed by atoms with E-state index in [2.05, 4.69) is 0 Å². The van der Waals surface area contributed by atoms with Crippen LogP contribution in [0.5, 0.6) is 0 Å². The summed E-state index contributed by atoms with van der Waals surface area (Å²) in [5.41, 5.74) is 0. The molecule has 0 radical (unpaired) electrons. The van der Waals surface area contributed by atoms with Gasteiger partial charge < -0.3 is 0 Å². The Kier molecular flexibility index (Phi) is 1.08. The number of rotatable bonds is 0. The molecule has 0 spiro atoms. The summed E-state index contributed by atoms with van der Waals surface area (Å²) in [6, 6.07) is 0. The van der Waals surface area contributed by atoms with Crippen LogP contribution in [0.4, 0.5) is 0 Å². The molecule has 8 rings (SSSR count). The Bertz CT molecular complexity index is 282. The molecule has 8 saturated carbocycles. The first-order valence-corrected chi connectivity index (χ1v) is 6.93. The maximum atomic E-state index is 1.67. The van der Waals surface area contributed by atoms with Gasteiger partial charge in [0.2, 0.25) is 0 Å². The smallest absolute Gasteiger partial charge is 0.0320 e. The highest BCUT2D eigenvalue weighted by atomic mass is 14.7. The summed E-state index contributed by atoms with van der Waals surface area (Å²) in [6.07, 6.45) is 9.86. The van der Waals surface area contributed by atoms with Gasteiger partial charge in [-0.05, 0) is 85.9 Å². The van der Waals surface area contributed by atoms with Crippen molar-refractivity contribution in [2.75, 3.05) is 0 Å². The highest BCUT2D eigenvalue weighted by Gasteiger charge is 2.67. The van der Waals surface area contributed by atoms with Crippen LogP contribution in [-0.2, 0) is 0 Å². The van der Waals surface area contributed by atoms with E-state index < -0.39 is 0 Å². The number of hydrogen-bond acceptors (Lipinski definition) is 0. The molecule has 8 unspecified atom stereocenters. The van der Waals surface area contributed by atoms with Crippen molar-refractivity contribution in [1.82, 2.24) is 0 Å². The van der Waals surface area contributed by atoms with Gasteiger partial charge in [-0.3, -0.25) is 0 Å². The predicted molar refractivity (Wildman–Crippen MR) is 55.6 cm³/mol. The first-order chi connectivity index (χ1) is 6.93. The molecule has 0 amide bonds. The normalized spacial score (nSPS) is 72.0. The Hall–Kier alpha value is 0. The SMILES string of the molecule is C1CC2C3C4CCC5CC3C2C5CC14. The third-order valence-corrected chi connectivity index (χ3v) is 7.07. The van der Waals surface area contributed by atoms with Crippen molar-refractivity contribution in [3.05, 3.63) is 0 Å². The van der Waals surface area contributed by atoms with E-state index in [1.807, 2.05) is 0 Å². The summed E-state index contributed by atoms with van der Waals surface area (Å²) >= 11 is 0. The van der Waals surface area contributed by atoms with Crippen LogP contribution < -0.4 is 0 Å². The van der Waals surface area contributed by atoms with Crippen molar-refractivity contribution >= 4 is 0 Å². The quantitative estimate of drug-likeness (QED) is 0.547. The third kappa shape index (κ3) is 0.581. The minimum atomic E-state index is 1.20. The van der Waals surface area contributed by atoms with Gasteiger partial charge in [-0.1, -0.05) is 0 Å². The van der Waals surface area contributed by atoms with Crippen LogP contribution in [0, 0.1) is 47.3 Å². The van der Waals surface area contributed by atoms with E-state index in [4.69, 9.17) is 0 Å². The van der Waals surface area contributed by atoms with Crippen molar-refractivity contribution < 1.29 is 0 Å². The molecule has 0 nitrogen and oxygen atoms in total. The van der Waals surface area contributed by atoms with Gasteiger partial charge in [0.25, 0.3) is 0 Å². The standard InChI is InChI=1S/C14H20/c1-3-9-7-2-4-10-13(9)12-6-8(1)11(5-7)14(10)12/h7-14H,1-6H2. The second kappa shape index (κ2) is 2.08. The molecule has 0 saturated heterocycles. The van der Waals surface area contributed by atoms with Gasteiger partial charge in [0.05, 0.1) is 0 Å². The zero-order valence-corrected chi connectivity index (χ0v) is 8.86. The van der Waals surface area contributed by atoms with E-state index in [-0.39, 0.29) is 0 Å². The van der Waals surface area contributed by atoms with E-state index in [1.165, 1.54) is 47.3 Å². The maximum absolute atomic E-state index is 1.67. The zero-order valence-electron chi connectivity index (χ0n) is 8.86. The predicted octanol–water partition coefficient (Wildman–Crippen LogP) is 3.32. The lowest BCUT2D eigenvalue weighted by Crippen LogP contribution is -2.50. The lowest BCUT2D eigenvalue weighted by atomic mass is 9.49. The van der Waals surface area contributed by atoms with E-state index in [1.54, 1.807) is 38.5 Å². The minimum absolute atomic E-state index is 1.20. The Labute approximate surface area is 86.5 Å². The van der Waals surface area contributed by atoms with E-state index in [0.29, 0.717) is 0 Å². The number of fused-ring (bicyclic) bond motifs is 2. The lowest BCUT2D eigenvalue weighted by molar-refractivity contribution is -0.0783. The van der Waals surface area contributed by atoms with Gasteiger partial charge >= 0.3 is 0 Å². The summed E-state index contributed by atoms with van der Waals surface area (Å²) in [4.78, 5) is 0. The Morgan fingerprint density at radius 1 is 0.500 bits per heavy atom. The molecular formula is C14H20. The van der Waals surface area contributed by atoms with E-state index in [0.717, 1.165) is 0 Å². The zero-order chi connectivity index (χ0) is 8.86. The second-order valence-corrected chi connectivity index (χ2v) is 6.96. The summed E-state index contributed by atoms with van der Waals surface area (Å²) in [7, 11) is 0. The monoisotopic (exact) mass is 188 g/mol. The summed E-state index contributed by atoms with van der Waals surface area (Å²) in [5, 5.41) is 0. The summed E-state index contributed by atoms with van der Waals surface area (Å²) in [5.74, 6) is 9.81. The Morgan fingerprint density at radius 2 is 1.14 bits per heavy atom. The summed E-state index contributed by atoms with van der Waals surface area (Å²) < 4.78 is 0. The first-order valence-electron chi connectivity index (χ1n) is 6.93. The maximum Gasteiger partial charge on any atom is -0.0320 e. The second-order valence-electron chi connectivity index (χ2n) is 6.96. The molecule has 0 heteroatoms. The van der Waals surface area contributed by atoms with Crippen LogP contribution in [0.1, 0.15) is 38.5 Å². The minimum Gasteiger partial charge on any atom is -0.0499 e. The van der Waals surface area contributed by atoms with Crippen molar-refractivity contribution in [1.29, 1.82) is 0 Å². The van der Waals surface area contributed by atoms with E-state index in [9.17, 15) is 0 Å². The highest BCUT2D eigenvalue weighted by Crippen LogP contribution is 2.74. The van der Waals surface area contributed by atoms with E-state index >= 15 is 0 Å². The van der Waals surface area contributed by atoms with Crippen LogP contribution in [0.3, 0.4) is 0 Å². The van der Waals surface area contributed by atoms with Crippen molar-refractivity contribution in [2.24, 2.45) is 47.3 Å². The van der Waals surface area contributed by atoms with Crippen LogP contribution >= 0.6 is 0 Å². The molecule has 8 aliphatic rings. The molecule has 8 fully saturated rings. The van der Waals surface area contributed by atoms with Crippen molar-refractivity contribution in [3.63, 3.8) is 0 Å². The number of hydrogen-bond donors (Lipinski definition) is 0. The Balaban J connectivity index is 1.75. The van der Waals surface area contributed by atoms with Gasteiger partial charge in [-0.25, -0.2) is 0 Å². The summed E-state index contributed by atoms with van der Waals surface area (Å²) in [6.45, 7) is 0. The van der Waals surface area contributed by atoms with Crippen LogP contribution in [0.2, 0.25) is 0 Å². The molecule has 0 heterocycles. The molecule has 0 aromatic heterocycles. The van der Waals surface area contributed by atoms with Gasteiger partial charge in [-0.2, -0.15) is 0 Å². The fourth-order valence-electron chi connectivity index (χ4n) is 6.90. The fraction of sp³-hybridized carbons (Fsp3) is 1.00. The van der Waals surface area contributed by atoms with Gasteiger partial charge in [-0.15, -0.1) is 0 Å². The lowest BCUT2D eigenvalue weighted by Gasteiger charge is -2.56. The third-order valence-electron chi connectivity index (χ3n) is 7.07. The molecule has 0 aromatic carbocycles. The highest BCUT2D eigenvalue weighted by molar-refractivity contribution is 5.16. The topological polar surface area (TPSA) is 0 Å². The molecule has 0 aliphatic heterocycles. The van der Waals surface area contributed by atoms with Crippen molar-refractivity contribution in [2.45, 2.75) is 38.5 Å². The van der Waals surface area contributed by atoms with Crippen LogP contribution in [0.25, 0.3) is 0 Å². The fourth-order valence-corrected chi connectivity index (χ4v) is 6.90. The van der Waals surface area contributed by atoms with Crippen LogP contribution in [0.15, 0.2) is 0 Å². The van der Waals surface area contributed by atoms with Gasteiger partial charge in [0.1, 0.15) is 0 Å². The van der Waals surface area contributed by atoms with Gasteiger partial charge in [0, 0.05) is 0 Å². The molecule has 76 valence electrons. The molecule has 8 bridgehead atoms. The largest absolute Gasteiger partial charge is 0.0499 e. The van der Waals surface area contributed by atoms with Crippen molar-refractivity contribution in [3.8, 4) is 0 Å². The molecule has 0 aromatic rings. The average Bonchev–Trinajstić information content (AvgIpc) is 2.48. The molecular weight excluding hydrogens is 168 g/mol. The molecule has 8 aliphatic carbocycles.